The van der Waals surface area contributed by atoms with Crippen LogP contribution in [0.3, 0.4) is 0 Å². The monoisotopic (exact) mass is 595 g/mol. The van der Waals surface area contributed by atoms with Crippen molar-refractivity contribution in [3.63, 3.8) is 0 Å². The Morgan fingerprint density at radius 3 is 2.86 bits per heavy atom. The third-order valence-corrected chi connectivity index (χ3v) is 8.70. The fourth-order valence-electron chi connectivity index (χ4n) is 6.15. The Labute approximate surface area is 253 Å². The number of carbonyl (C=O) groups excluding carboxylic acids is 1. The van der Waals surface area contributed by atoms with Gasteiger partial charge in [0.25, 0.3) is 5.91 Å². The molecule has 12 heteroatoms. The highest BCUT2D eigenvalue weighted by molar-refractivity contribution is 5.99. The van der Waals surface area contributed by atoms with Gasteiger partial charge in [0.2, 0.25) is 0 Å². The summed E-state index contributed by atoms with van der Waals surface area (Å²) in [6.07, 6.45) is 6.15. The van der Waals surface area contributed by atoms with E-state index in [2.05, 4.69) is 27.8 Å². The number of aromatic nitrogens is 6. The molecule has 226 valence electrons. The number of imidazole rings is 2. The quantitative estimate of drug-likeness (QED) is 0.258. The van der Waals surface area contributed by atoms with E-state index in [-0.39, 0.29) is 18.5 Å². The SMILES string of the molecule is C[C@H](COc1cccc2cc(-c3nc4cc5c(nc4n3C)CCN(C[C@H](N)CF)C5=O)n(CC3CC3)c12)n1cncc1C#N. The van der Waals surface area contributed by atoms with Crippen LogP contribution in [-0.2, 0) is 20.0 Å². The van der Waals surface area contributed by atoms with Crippen LogP contribution in [0.1, 0.15) is 47.6 Å². The smallest absolute Gasteiger partial charge is 0.255 e. The molecule has 11 nitrogen and oxygen atoms in total. The number of benzene rings is 1. The lowest BCUT2D eigenvalue weighted by molar-refractivity contribution is 0.0723. The molecule has 1 fully saturated rings. The van der Waals surface area contributed by atoms with E-state index in [0.29, 0.717) is 47.9 Å². The molecule has 2 aliphatic rings. The number of hydrogen-bond donors (Lipinski definition) is 1. The van der Waals surface area contributed by atoms with Crippen molar-refractivity contribution in [2.45, 2.75) is 44.8 Å². The van der Waals surface area contributed by atoms with Gasteiger partial charge >= 0.3 is 0 Å². The average molecular weight is 596 g/mol. The van der Waals surface area contributed by atoms with Gasteiger partial charge in [-0.1, -0.05) is 12.1 Å². The summed E-state index contributed by atoms with van der Waals surface area (Å²) in [6, 6.07) is 11.4. The number of pyridine rings is 1. The Morgan fingerprint density at radius 2 is 2.09 bits per heavy atom. The lowest BCUT2D eigenvalue weighted by atomic mass is 10.0. The minimum Gasteiger partial charge on any atom is -0.489 e. The van der Waals surface area contributed by atoms with Crippen LogP contribution in [0, 0.1) is 17.2 Å². The molecule has 0 bridgehead atoms. The van der Waals surface area contributed by atoms with Crippen LogP contribution in [0.4, 0.5) is 4.39 Å². The zero-order valence-corrected chi connectivity index (χ0v) is 24.8. The highest BCUT2D eigenvalue weighted by Gasteiger charge is 2.30. The Morgan fingerprint density at radius 1 is 1.25 bits per heavy atom. The molecule has 1 aromatic carbocycles. The van der Waals surface area contributed by atoms with Gasteiger partial charge in [0.15, 0.2) is 11.5 Å². The number of halogens is 1. The highest BCUT2D eigenvalue weighted by atomic mass is 19.1. The predicted octanol–water partition coefficient (Wildman–Crippen LogP) is 4.00. The molecular weight excluding hydrogens is 561 g/mol. The molecule has 7 rings (SSSR count). The van der Waals surface area contributed by atoms with Crippen LogP contribution >= 0.6 is 0 Å². The summed E-state index contributed by atoms with van der Waals surface area (Å²) in [5.74, 6) is 1.92. The molecule has 1 aliphatic heterocycles. The molecular formula is C32H34FN9O2. The number of nitriles is 1. The van der Waals surface area contributed by atoms with Gasteiger partial charge < -0.3 is 29.1 Å². The Bertz CT molecular complexity index is 1930. The van der Waals surface area contributed by atoms with Gasteiger partial charge in [-0.15, -0.1) is 0 Å². The molecule has 0 radical (unpaired) electrons. The molecule has 2 atom stereocenters. The summed E-state index contributed by atoms with van der Waals surface area (Å²) in [5.41, 5.74) is 10.8. The van der Waals surface area contributed by atoms with Crippen molar-refractivity contribution >= 4 is 28.0 Å². The number of fused-ring (bicyclic) bond motifs is 3. The standard InChI is InChI=1S/C32H34FN9O2/c1-19(42-18-36-14-23(42)13-34)17-44-28-5-3-4-21-10-27(41(29(21)28)15-20-6-7-20)31-38-26-11-24-25(37-30(26)39(31)2)8-9-40(32(24)43)16-22(35)12-33/h3-5,10-11,14,18-20,22H,6-9,12,15-17,35H2,1-2H3/t19-,22-/m1/s1. The number of ether oxygens (including phenoxy) is 1. The van der Waals surface area contributed by atoms with Gasteiger partial charge in [-0.2, -0.15) is 5.26 Å². The number of alkyl halides is 1. The number of rotatable bonds is 10. The molecule has 0 spiro atoms. The Kier molecular flexibility index (Phi) is 7.05. The molecule has 1 aliphatic carbocycles. The summed E-state index contributed by atoms with van der Waals surface area (Å²) in [6.45, 7) is 3.17. The van der Waals surface area contributed by atoms with E-state index < -0.39 is 12.7 Å². The Hall–Kier alpha value is -4.76. The topological polar surface area (TPSA) is 133 Å². The van der Waals surface area contributed by atoms with E-state index in [1.165, 1.54) is 12.8 Å². The number of nitrogens with two attached hydrogens (primary N) is 1. The molecule has 1 saturated carbocycles. The molecule has 5 aromatic rings. The predicted molar refractivity (Wildman–Crippen MR) is 163 cm³/mol. The molecule has 5 heterocycles. The zero-order chi connectivity index (χ0) is 30.5. The summed E-state index contributed by atoms with van der Waals surface area (Å²) < 4.78 is 25.6. The second-order valence-corrected chi connectivity index (χ2v) is 12.0. The second kappa shape index (κ2) is 11.1. The molecule has 4 aromatic heterocycles. The van der Waals surface area contributed by atoms with Gasteiger partial charge in [0, 0.05) is 38.5 Å². The van der Waals surface area contributed by atoms with Crippen LogP contribution < -0.4 is 10.5 Å². The maximum absolute atomic E-state index is 13.3. The first-order chi connectivity index (χ1) is 21.4. The summed E-state index contributed by atoms with van der Waals surface area (Å²) in [7, 11) is 1.96. The lowest BCUT2D eigenvalue weighted by Crippen LogP contribution is -2.45. The van der Waals surface area contributed by atoms with E-state index in [1.54, 1.807) is 17.4 Å². The van der Waals surface area contributed by atoms with E-state index in [9.17, 15) is 14.4 Å². The second-order valence-electron chi connectivity index (χ2n) is 12.0. The third kappa shape index (κ3) is 4.87. The van der Waals surface area contributed by atoms with Crippen molar-refractivity contribution < 1.29 is 13.9 Å². The van der Waals surface area contributed by atoms with Crippen molar-refractivity contribution in [3.05, 3.63) is 59.8 Å². The molecule has 2 N–H and O–H groups in total. The molecule has 0 saturated heterocycles. The van der Waals surface area contributed by atoms with Crippen molar-refractivity contribution in [2.75, 3.05) is 26.4 Å². The largest absolute Gasteiger partial charge is 0.489 e. The van der Waals surface area contributed by atoms with Crippen LogP contribution in [0.5, 0.6) is 5.75 Å². The maximum Gasteiger partial charge on any atom is 0.255 e. The van der Waals surface area contributed by atoms with Crippen LogP contribution in [-0.4, -0.2) is 71.9 Å². The first-order valence-electron chi connectivity index (χ1n) is 15.0. The molecule has 44 heavy (non-hydrogen) atoms. The van der Waals surface area contributed by atoms with Gasteiger partial charge in [0.05, 0.1) is 47.1 Å². The normalized spacial score (nSPS) is 16.3. The fraction of sp³-hybridized carbons (Fsp3) is 0.406. The average Bonchev–Trinajstić information content (AvgIpc) is 3.45. The summed E-state index contributed by atoms with van der Waals surface area (Å²) >= 11 is 0. The van der Waals surface area contributed by atoms with Crippen LogP contribution in [0.2, 0.25) is 0 Å². The maximum atomic E-state index is 13.3. The van der Waals surface area contributed by atoms with E-state index in [1.807, 2.05) is 41.3 Å². The number of hydrogen-bond acceptors (Lipinski definition) is 7. The lowest BCUT2D eigenvalue weighted by Gasteiger charge is -2.29. The molecule has 0 unspecified atom stereocenters. The summed E-state index contributed by atoms with van der Waals surface area (Å²) in [5, 5.41) is 10.5. The zero-order valence-electron chi connectivity index (χ0n) is 24.8. The van der Waals surface area contributed by atoms with Gasteiger partial charge in [-0.05, 0) is 43.9 Å². The van der Waals surface area contributed by atoms with Crippen molar-refractivity contribution in [3.8, 4) is 23.3 Å². The number of aryl methyl sites for hydroxylation is 1. The highest BCUT2D eigenvalue weighted by Crippen LogP contribution is 2.39. The minimum absolute atomic E-state index is 0.0861. The number of carbonyl (C=O) groups is 1. The first-order valence-corrected chi connectivity index (χ1v) is 15.0. The fourth-order valence-corrected chi connectivity index (χ4v) is 6.15. The van der Waals surface area contributed by atoms with E-state index in [0.717, 1.165) is 40.4 Å². The van der Waals surface area contributed by atoms with Gasteiger partial charge in [-0.25, -0.2) is 19.3 Å². The van der Waals surface area contributed by atoms with Crippen LogP contribution in [0.25, 0.3) is 33.6 Å². The molecule has 1 amide bonds. The van der Waals surface area contributed by atoms with Crippen molar-refractivity contribution in [2.24, 2.45) is 18.7 Å². The van der Waals surface area contributed by atoms with Gasteiger partial charge in [-0.3, -0.25) is 4.79 Å². The third-order valence-electron chi connectivity index (χ3n) is 8.70. The van der Waals surface area contributed by atoms with Crippen molar-refractivity contribution in [1.29, 1.82) is 5.26 Å². The number of para-hydroxylation sites is 1. The van der Waals surface area contributed by atoms with E-state index >= 15 is 0 Å². The minimum atomic E-state index is -0.704. The first kappa shape index (κ1) is 28.0. The Balaban J connectivity index is 1.27. The van der Waals surface area contributed by atoms with Crippen LogP contribution in [0.15, 0.2) is 42.9 Å². The van der Waals surface area contributed by atoms with Gasteiger partial charge in [0.1, 0.15) is 36.3 Å². The summed E-state index contributed by atoms with van der Waals surface area (Å²) in [4.78, 5) is 28.9. The van der Waals surface area contributed by atoms with Crippen molar-refractivity contribution in [1.82, 2.24) is 33.6 Å². The van der Waals surface area contributed by atoms with E-state index in [4.69, 9.17) is 20.4 Å². The number of amides is 1. The number of nitrogens with zero attached hydrogens (tertiary/aromatic N) is 8.